The first-order valence-electron chi connectivity index (χ1n) is 9.27. The molecule has 6 heteroatoms. The lowest BCUT2D eigenvalue weighted by atomic mass is 10.1. The lowest BCUT2D eigenvalue weighted by Gasteiger charge is -2.11. The highest BCUT2D eigenvalue weighted by molar-refractivity contribution is 6.33. The Morgan fingerprint density at radius 1 is 0.900 bits per heavy atom. The van der Waals surface area contributed by atoms with E-state index in [2.05, 4.69) is 15.3 Å². The summed E-state index contributed by atoms with van der Waals surface area (Å²) < 4.78 is 0. The highest BCUT2D eigenvalue weighted by Crippen LogP contribution is 2.31. The molecule has 2 aromatic heterocycles. The van der Waals surface area contributed by atoms with Crippen LogP contribution in [-0.4, -0.2) is 15.9 Å². The molecule has 0 aliphatic carbocycles. The Morgan fingerprint density at radius 2 is 1.70 bits per heavy atom. The fraction of sp³-hybridized carbons (Fsp3) is 0.0417. The molecule has 0 saturated heterocycles. The first kappa shape index (κ1) is 20.1. The third-order valence-corrected chi connectivity index (χ3v) is 5.21. The molecule has 30 heavy (non-hydrogen) atoms. The Kier molecular flexibility index (Phi) is 5.79. The van der Waals surface area contributed by atoms with Gasteiger partial charge in [0.15, 0.2) is 0 Å². The molecule has 0 unspecified atom stereocenters. The molecule has 0 aliphatic rings. The topological polar surface area (TPSA) is 54.9 Å². The molecule has 2 aromatic carbocycles. The van der Waals surface area contributed by atoms with Gasteiger partial charge in [0.2, 0.25) is 0 Å². The number of hydrogen-bond donors (Lipinski definition) is 1. The first-order valence-corrected chi connectivity index (χ1v) is 10.0. The van der Waals surface area contributed by atoms with Crippen LogP contribution >= 0.6 is 23.2 Å². The molecule has 1 N–H and O–H groups in total. The number of aryl methyl sites for hydroxylation is 1. The van der Waals surface area contributed by atoms with E-state index in [1.165, 1.54) is 0 Å². The van der Waals surface area contributed by atoms with E-state index in [1.54, 1.807) is 31.2 Å². The predicted octanol–water partition coefficient (Wildman–Crippen LogP) is 6.68. The predicted molar refractivity (Wildman–Crippen MR) is 122 cm³/mol. The highest BCUT2D eigenvalue weighted by atomic mass is 35.5. The number of rotatable bonds is 4. The number of pyridine rings is 2. The first-order chi connectivity index (χ1) is 14.5. The maximum atomic E-state index is 12.6. The van der Waals surface area contributed by atoms with Gasteiger partial charge < -0.3 is 5.32 Å². The molecule has 0 bridgehead atoms. The zero-order valence-corrected chi connectivity index (χ0v) is 17.6. The highest BCUT2D eigenvalue weighted by Gasteiger charge is 2.13. The Balaban J connectivity index is 1.59. The Hall–Kier alpha value is -3.21. The van der Waals surface area contributed by atoms with Crippen molar-refractivity contribution in [1.29, 1.82) is 0 Å². The van der Waals surface area contributed by atoms with Crippen molar-refractivity contribution >= 4 is 34.8 Å². The Labute approximate surface area is 184 Å². The van der Waals surface area contributed by atoms with Gasteiger partial charge in [-0.15, -0.1) is 0 Å². The fourth-order valence-electron chi connectivity index (χ4n) is 3.12. The van der Waals surface area contributed by atoms with E-state index < -0.39 is 0 Å². The number of nitrogens with one attached hydrogen (secondary N) is 1. The molecule has 0 fully saturated rings. The summed E-state index contributed by atoms with van der Waals surface area (Å²) in [6.07, 6.45) is 1.81. The van der Waals surface area contributed by atoms with Crippen LogP contribution in [0.3, 0.4) is 0 Å². The smallest absolute Gasteiger partial charge is 0.257 e. The van der Waals surface area contributed by atoms with Gasteiger partial charge in [0.1, 0.15) is 5.15 Å². The van der Waals surface area contributed by atoms with E-state index >= 15 is 0 Å². The second-order valence-corrected chi connectivity index (χ2v) is 7.51. The van der Waals surface area contributed by atoms with Crippen molar-refractivity contribution in [2.24, 2.45) is 0 Å². The van der Waals surface area contributed by atoms with Crippen LogP contribution in [0, 0.1) is 6.92 Å². The van der Waals surface area contributed by atoms with Crippen LogP contribution in [0.4, 0.5) is 5.69 Å². The normalized spacial score (nSPS) is 10.6. The molecule has 0 atom stereocenters. The van der Waals surface area contributed by atoms with Crippen LogP contribution < -0.4 is 5.32 Å². The minimum absolute atomic E-state index is 0.266. The molecule has 0 spiro atoms. The molecular formula is C24H17Cl2N3O. The van der Waals surface area contributed by atoms with E-state index in [1.807, 2.05) is 54.7 Å². The van der Waals surface area contributed by atoms with Gasteiger partial charge in [-0.1, -0.05) is 59.6 Å². The molecule has 148 valence electrons. The van der Waals surface area contributed by atoms with E-state index in [4.69, 9.17) is 23.2 Å². The van der Waals surface area contributed by atoms with Crippen molar-refractivity contribution < 1.29 is 4.79 Å². The number of benzene rings is 2. The van der Waals surface area contributed by atoms with E-state index in [0.29, 0.717) is 27.1 Å². The van der Waals surface area contributed by atoms with Crippen molar-refractivity contribution in [2.75, 3.05) is 5.32 Å². The number of anilines is 1. The largest absolute Gasteiger partial charge is 0.322 e. The average Bonchev–Trinajstić information content (AvgIpc) is 2.76. The van der Waals surface area contributed by atoms with E-state index in [-0.39, 0.29) is 5.91 Å². The molecule has 0 aliphatic heterocycles. The third kappa shape index (κ3) is 4.35. The van der Waals surface area contributed by atoms with Crippen molar-refractivity contribution in [3.05, 3.63) is 100 Å². The SMILES string of the molecule is Cc1nc(Cl)ccc1C(=O)Nc1ccc(Cl)c(-c2ccc(-c3ccccc3)cn2)c1. The minimum Gasteiger partial charge on any atom is -0.322 e. The van der Waals surface area contributed by atoms with Gasteiger partial charge >= 0.3 is 0 Å². The maximum absolute atomic E-state index is 12.6. The van der Waals surface area contributed by atoms with Gasteiger partial charge in [0.05, 0.1) is 22.0 Å². The van der Waals surface area contributed by atoms with Crippen LogP contribution in [0.25, 0.3) is 22.4 Å². The number of carbonyl (C=O) groups is 1. The monoisotopic (exact) mass is 433 g/mol. The summed E-state index contributed by atoms with van der Waals surface area (Å²) >= 11 is 12.3. The van der Waals surface area contributed by atoms with Gasteiger partial charge in [-0.25, -0.2) is 4.98 Å². The van der Waals surface area contributed by atoms with Gasteiger partial charge in [-0.05, 0) is 48.9 Å². The summed E-state index contributed by atoms with van der Waals surface area (Å²) in [5, 5.41) is 3.79. The Morgan fingerprint density at radius 3 is 2.40 bits per heavy atom. The average molecular weight is 434 g/mol. The third-order valence-electron chi connectivity index (χ3n) is 4.67. The lowest BCUT2D eigenvalue weighted by Crippen LogP contribution is -2.14. The summed E-state index contributed by atoms with van der Waals surface area (Å²) in [7, 11) is 0. The summed E-state index contributed by atoms with van der Waals surface area (Å²) in [5.74, 6) is -0.266. The molecule has 1 amide bonds. The fourth-order valence-corrected chi connectivity index (χ4v) is 3.53. The van der Waals surface area contributed by atoms with Crippen LogP contribution in [0.2, 0.25) is 10.2 Å². The molecule has 4 aromatic rings. The quantitative estimate of drug-likeness (QED) is 0.365. The number of aromatic nitrogens is 2. The van der Waals surface area contributed by atoms with Crippen molar-refractivity contribution in [3.63, 3.8) is 0 Å². The van der Waals surface area contributed by atoms with Crippen molar-refractivity contribution in [3.8, 4) is 22.4 Å². The standard InChI is InChI=1S/C24H17Cl2N3O/c1-15-19(9-12-23(26)28-15)24(30)29-18-8-10-21(25)20(13-18)22-11-7-17(14-27-22)16-5-3-2-4-6-16/h2-14H,1H3,(H,29,30). The molecular weight excluding hydrogens is 417 g/mol. The van der Waals surface area contributed by atoms with E-state index in [9.17, 15) is 4.79 Å². The minimum atomic E-state index is -0.266. The summed E-state index contributed by atoms with van der Waals surface area (Å²) in [4.78, 5) is 21.3. The van der Waals surface area contributed by atoms with Crippen LogP contribution in [-0.2, 0) is 0 Å². The molecule has 0 radical (unpaired) electrons. The number of hydrogen-bond acceptors (Lipinski definition) is 3. The van der Waals surface area contributed by atoms with Crippen LogP contribution in [0.15, 0.2) is 79.0 Å². The summed E-state index contributed by atoms with van der Waals surface area (Å²) in [6, 6.07) is 22.5. The van der Waals surface area contributed by atoms with Crippen LogP contribution in [0.1, 0.15) is 16.1 Å². The molecule has 2 heterocycles. The number of nitrogens with zero attached hydrogens (tertiary/aromatic N) is 2. The second kappa shape index (κ2) is 8.66. The molecule has 0 saturated carbocycles. The van der Waals surface area contributed by atoms with Gasteiger partial charge in [0.25, 0.3) is 5.91 Å². The van der Waals surface area contributed by atoms with Crippen molar-refractivity contribution in [1.82, 2.24) is 9.97 Å². The molecule has 4 nitrogen and oxygen atoms in total. The maximum Gasteiger partial charge on any atom is 0.257 e. The number of halogens is 2. The van der Waals surface area contributed by atoms with Gasteiger partial charge in [-0.2, -0.15) is 0 Å². The van der Waals surface area contributed by atoms with Crippen molar-refractivity contribution in [2.45, 2.75) is 6.92 Å². The molecule has 4 rings (SSSR count). The summed E-state index contributed by atoms with van der Waals surface area (Å²) in [5.41, 5.74) is 5.21. The van der Waals surface area contributed by atoms with Crippen LogP contribution in [0.5, 0.6) is 0 Å². The van der Waals surface area contributed by atoms with Gasteiger partial charge in [0, 0.05) is 23.0 Å². The number of amides is 1. The zero-order valence-electron chi connectivity index (χ0n) is 16.1. The number of carbonyl (C=O) groups excluding carboxylic acids is 1. The Bertz CT molecular complexity index is 1210. The second-order valence-electron chi connectivity index (χ2n) is 6.71. The van der Waals surface area contributed by atoms with Gasteiger partial charge in [-0.3, -0.25) is 9.78 Å². The lowest BCUT2D eigenvalue weighted by molar-refractivity contribution is 0.102. The summed E-state index contributed by atoms with van der Waals surface area (Å²) in [6.45, 7) is 1.74. The zero-order chi connectivity index (χ0) is 21.1. The van der Waals surface area contributed by atoms with E-state index in [0.717, 1.165) is 22.4 Å².